The van der Waals surface area contributed by atoms with E-state index in [9.17, 15) is 18.0 Å². The average molecular weight is 291 g/mol. The summed E-state index contributed by atoms with van der Waals surface area (Å²) in [6.45, 7) is 0. The van der Waals surface area contributed by atoms with Crippen LogP contribution in [0.3, 0.4) is 0 Å². The van der Waals surface area contributed by atoms with E-state index in [1.54, 1.807) is 0 Å². The number of esters is 1. The summed E-state index contributed by atoms with van der Waals surface area (Å²) in [5, 5.41) is 0. The van der Waals surface area contributed by atoms with Crippen molar-refractivity contribution in [2.75, 3.05) is 18.7 Å². The second-order valence-corrected chi connectivity index (χ2v) is 5.67. The molecule has 0 unspecified atom stereocenters. The summed E-state index contributed by atoms with van der Waals surface area (Å²) in [5.41, 5.74) is 0.321. The van der Waals surface area contributed by atoms with Gasteiger partial charge in [0.15, 0.2) is 21.4 Å². The van der Waals surface area contributed by atoms with Crippen LogP contribution in [0.5, 0.6) is 0 Å². The molecule has 98 valence electrons. The van der Waals surface area contributed by atoms with Gasteiger partial charge in [0, 0.05) is 5.56 Å². The van der Waals surface area contributed by atoms with Gasteiger partial charge in [-0.2, -0.15) is 0 Å². The number of hydrogen-bond acceptors (Lipinski definition) is 5. The molecule has 0 aliphatic carbocycles. The molecule has 7 heteroatoms. The molecule has 0 aliphatic rings. The highest BCUT2D eigenvalue weighted by atomic mass is 35.5. The number of benzene rings is 1. The Kier molecular flexibility index (Phi) is 4.86. The molecule has 0 fully saturated rings. The van der Waals surface area contributed by atoms with E-state index >= 15 is 0 Å². The smallest absolute Gasteiger partial charge is 0.321 e. The van der Waals surface area contributed by atoms with Crippen LogP contribution < -0.4 is 0 Å². The molecule has 0 radical (unpaired) electrons. The molecule has 5 nitrogen and oxygen atoms in total. The van der Waals surface area contributed by atoms with E-state index in [-0.39, 0.29) is 16.6 Å². The molecule has 0 N–H and O–H groups in total. The number of carbonyl (C=O) groups is 2. The van der Waals surface area contributed by atoms with E-state index in [2.05, 4.69) is 4.74 Å². The van der Waals surface area contributed by atoms with Gasteiger partial charge in [-0.3, -0.25) is 9.59 Å². The number of methoxy groups -OCH3 is 1. The molecule has 0 atom stereocenters. The highest BCUT2D eigenvalue weighted by Crippen LogP contribution is 2.13. The fraction of sp³-hybridized carbons (Fsp3) is 0.273. The van der Waals surface area contributed by atoms with Crippen molar-refractivity contribution in [1.29, 1.82) is 0 Å². The molecular formula is C11H11ClO5S. The summed E-state index contributed by atoms with van der Waals surface area (Å²) < 4.78 is 27.8. The minimum absolute atomic E-state index is 0.0426. The Labute approximate surface area is 110 Å². The van der Waals surface area contributed by atoms with E-state index in [4.69, 9.17) is 11.6 Å². The zero-order valence-corrected chi connectivity index (χ0v) is 11.1. The third-order valence-corrected chi connectivity index (χ3v) is 4.04. The van der Waals surface area contributed by atoms with Crippen LogP contribution in [0.2, 0.25) is 0 Å². The predicted octanol–water partition coefficient (Wildman–Crippen LogP) is 1.05. The van der Waals surface area contributed by atoms with Crippen LogP contribution in [0.1, 0.15) is 10.4 Å². The maximum absolute atomic E-state index is 11.7. The molecule has 0 heterocycles. The topological polar surface area (TPSA) is 77.5 Å². The summed E-state index contributed by atoms with van der Waals surface area (Å²) in [7, 11) is -2.63. The first-order valence-electron chi connectivity index (χ1n) is 4.89. The molecule has 0 saturated carbocycles. The van der Waals surface area contributed by atoms with Gasteiger partial charge in [0.2, 0.25) is 0 Å². The van der Waals surface area contributed by atoms with Crippen LogP contribution in [0.25, 0.3) is 0 Å². The van der Waals surface area contributed by atoms with E-state index in [0.717, 1.165) is 7.11 Å². The molecule has 0 spiro atoms. The van der Waals surface area contributed by atoms with Crippen LogP contribution >= 0.6 is 11.6 Å². The lowest BCUT2D eigenvalue weighted by Crippen LogP contribution is -2.17. The number of Topliss-reactive ketones (excluding diaryl/α,β-unsaturated/α-hetero) is 1. The van der Waals surface area contributed by atoms with E-state index in [1.165, 1.54) is 24.3 Å². The van der Waals surface area contributed by atoms with Gasteiger partial charge < -0.3 is 4.74 Å². The minimum atomic E-state index is -3.74. The van der Waals surface area contributed by atoms with Crippen molar-refractivity contribution in [1.82, 2.24) is 0 Å². The number of ether oxygens (including phenoxy) is 1. The molecule has 1 aromatic carbocycles. The van der Waals surface area contributed by atoms with Crippen molar-refractivity contribution in [2.45, 2.75) is 4.90 Å². The van der Waals surface area contributed by atoms with Crippen molar-refractivity contribution in [3.63, 3.8) is 0 Å². The quantitative estimate of drug-likeness (QED) is 0.460. The average Bonchev–Trinajstić information content (AvgIpc) is 2.37. The number of hydrogen-bond donors (Lipinski definition) is 0. The normalized spacial score (nSPS) is 11.0. The summed E-state index contributed by atoms with van der Waals surface area (Å²) in [4.78, 5) is 22.1. The maximum Gasteiger partial charge on any atom is 0.321 e. The van der Waals surface area contributed by atoms with Gasteiger partial charge in [-0.05, 0) is 12.1 Å². The molecule has 18 heavy (non-hydrogen) atoms. The lowest BCUT2D eigenvalue weighted by Gasteiger charge is -2.04. The van der Waals surface area contributed by atoms with Gasteiger partial charge in [-0.25, -0.2) is 8.42 Å². The molecule has 1 aromatic rings. The SMILES string of the molecule is COC(=O)CS(=O)(=O)c1ccc(C(=O)CCl)cc1. The fourth-order valence-corrected chi connectivity index (χ4v) is 2.52. The van der Waals surface area contributed by atoms with Gasteiger partial charge in [-0.15, -0.1) is 11.6 Å². The van der Waals surface area contributed by atoms with Crippen molar-refractivity contribution >= 4 is 33.2 Å². The van der Waals surface area contributed by atoms with Gasteiger partial charge in [0.25, 0.3) is 0 Å². The molecule has 1 rings (SSSR count). The lowest BCUT2D eigenvalue weighted by atomic mass is 10.1. The van der Waals surface area contributed by atoms with E-state index in [0.29, 0.717) is 5.56 Å². The van der Waals surface area contributed by atoms with Crippen LogP contribution in [-0.2, 0) is 19.4 Å². The Morgan fingerprint density at radius 2 is 1.78 bits per heavy atom. The van der Waals surface area contributed by atoms with E-state index in [1.807, 2.05) is 0 Å². The third kappa shape index (κ3) is 3.54. The molecule has 0 aromatic heterocycles. The number of alkyl halides is 1. The molecule has 0 saturated heterocycles. The third-order valence-electron chi connectivity index (χ3n) is 2.19. The van der Waals surface area contributed by atoms with Gasteiger partial charge >= 0.3 is 5.97 Å². The van der Waals surface area contributed by atoms with Gasteiger partial charge in [0.1, 0.15) is 0 Å². The van der Waals surface area contributed by atoms with Gasteiger partial charge in [-0.1, -0.05) is 12.1 Å². The predicted molar refractivity (Wildman–Crippen MR) is 65.6 cm³/mol. The molecule has 0 amide bonds. The Bertz CT molecular complexity index is 547. The molecular weight excluding hydrogens is 280 g/mol. The van der Waals surface area contributed by atoms with Crippen molar-refractivity contribution < 1.29 is 22.7 Å². The van der Waals surface area contributed by atoms with Crippen molar-refractivity contribution in [3.8, 4) is 0 Å². The van der Waals surface area contributed by atoms with Gasteiger partial charge in [0.05, 0.1) is 17.9 Å². The Balaban J connectivity index is 2.98. The standard InChI is InChI=1S/C11H11ClO5S/c1-17-11(14)7-18(15,16)9-4-2-8(3-5-9)10(13)6-12/h2-5H,6-7H2,1H3. The summed E-state index contributed by atoms with van der Waals surface area (Å²) in [6, 6.07) is 5.24. The number of rotatable bonds is 5. The summed E-state index contributed by atoms with van der Waals surface area (Å²) in [5.74, 6) is -2.04. The number of sulfone groups is 1. The van der Waals surface area contributed by atoms with E-state index < -0.39 is 21.6 Å². The maximum atomic E-state index is 11.7. The first-order chi connectivity index (χ1) is 8.40. The van der Waals surface area contributed by atoms with Crippen LogP contribution in [0.15, 0.2) is 29.2 Å². The Morgan fingerprint density at radius 1 is 1.22 bits per heavy atom. The highest BCUT2D eigenvalue weighted by molar-refractivity contribution is 7.92. The minimum Gasteiger partial charge on any atom is -0.468 e. The first kappa shape index (κ1) is 14.7. The zero-order chi connectivity index (χ0) is 13.8. The largest absolute Gasteiger partial charge is 0.468 e. The number of ketones is 1. The lowest BCUT2D eigenvalue weighted by molar-refractivity contribution is -0.137. The number of halogens is 1. The second kappa shape index (κ2) is 5.97. The Morgan fingerprint density at radius 3 is 2.22 bits per heavy atom. The summed E-state index contributed by atoms with van der Waals surface area (Å²) in [6.07, 6.45) is 0. The second-order valence-electron chi connectivity index (χ2n) is 3.42. The first-order valence-corrected chi connectivity index (χ1v) is 7.08. The monoisotopic (exact) mass is 290 g/mol. The van der Waals surface area contributed by atoms with Crippen LogP contribution in [0, 0.1) is 0 Å². The zero-order valence-electron chi connectivity index (χ0n) is 9.55. The fourth-order valence-electron chi connectivity index (χ4n) is 1.22. The Hall–Kier alpha value is -1.40. The summed E-state index contributed by atoms with van der Waals surface area (Å²) >= 11 is 5.37. The highest BCUT2D eigenvalue weighted by Gasteiger charge is 2.20. The molecule has 0 bridgehead atoms. The number of carbonyl (C=O) groups excluding carboxylic acids is 2. The van der Waals surface area contributed by atoms with Crippen LogP contribution in [-0.4, -0.2) is 38.9 Å². The van der Waals surface area contributed by atoms with Crippen LogP contribution in [0.4, 0.5) is 0 Å². The van der Waals surface area contributed by atoms with Crippen molar-refractivity contribution in [3.05, 3.63) is 29.8 Å². The molecule has 0 aliphatic heterocycles. The van der Waals surface area contributed by atoms with Crippen molar-refractivity contribution in [2.24, 2.45) is 0 Å².